The van der Waals surface area contributed by atoms with Crippen molar-refractivity contribution in [2.75, 3.05) is 11.9 Å². The van der Waals surface area contributed by atoms with E-state index in [4.69, 9.17) is 0 Å². The average Bonchev–Trinajstić information content (AvgIpc) is 2.68. The fourth-order valence-electron chi connectivity index (χ4n) is 3.20. The lowest BCUT2D eigenvalue weighted by molar-refractivity contribution is -0.136. The number of nitrogens with one attached hydrogen (secondary N) is 2. The number of pyridine rings is 1. The van der Waals surface area contributed by atoms with Crippen LogP contribution >= 0.6 is 0 Å². The monoisotopic (exact) mass is 389 g/mol. The largest absolute Gasteiger partial charge is 0.418 e. The lowest BCUT2D eigenvalue weighted by atomic mass is 9.97. The molecule has 148 valence electrons. The highest BCUT2D eigenvalue weighted by molar-refractivity contribution is 5.94. The number of allylic oxidation sites excluding steroid dienone is 1. The van der Waals surface area contributed by atoms with E-state index in [2.05, 4.69) is 21.7 Å². The quantitative estimate of drug-likeness (QED) is 0.645. The summed E-state index contributed by atoms with van der Waals surface area (Å²) in [5.74, 6) is -0.295. The summed E-state index contributed by atoms with van der Waals surface area (Å²) in [6.45, 7) is 0.527. The molecule has 1 amide bonds. The van der Waals surface area contributed by atoms with E-state index in [-0.39, 0.29) is 11.6 Å². The third-order valence-electron chi connectivity index (χ3n) is 4.63. The van der Waals surface area contributed by atoms with Crippen molar-refractivity contribution in [3.05, 3.63) is 65.5 Å². The molecule has 1 aromatic heterocycles. The molecular weight excluding hydrogens is 367 g/mol. The Morgan fingerprint density at radius 3 is 2.71 bits per heavy atom. The standard InChI is InChI=1S/C21H22F3N3O/c22-21(23,24)18-8-4-5-9-19(18)27-17-12-16(13-25-14-17)20(28)26-11-10-15-6-2-1-3-7-15/h4-6,8-9,12-14,27H,1-3,7,10-11H2,(H,26,28). The molecule has 1 aliphatic rings. The number of halogens is 3. The minimum absolute atomic E-state index is 0.0846. The highest BCUT2D eigenvalue weighted by Crippen LogP contribution is 2.35. The number of carbonyl (C=O) groups excluding carboxylic acids is 1. The van der Waals surface area contributed by atoms with Crippen molar-refractivity contribution in [3.63, 3.8) is 0 Å². The smallest absolute Gasteiger partial charge is 0.354 e. The first-order valence-corrected chi connectivity index (χ1v) is 9.28. The maximum Gasteiger partial charge on any atom is 0.418 e. The van der Waals surface area contributed by atoms with Crippen molar-refractivity contribution in [2.24, 2.45) is 0 Å². The Bertz CT molecular complexity index is 862. The third-order valence-corrected chi connectivity index (χ3v) is 4.63. The number of aromatic nitrogens is 1. The predicted molar refractivity (Wildman–Crippen MR) is 102 cm³/mol. The first-order chi connectivity index (χ1) is 13.4. The van der Waals surface area contributed by atoms with Crippen LogP contribution in [0, 0.1) is 0 Å². The number of hydrogen-bond acceptors (Lipinski definition) is 3. The SMILES string of the molecule is O=C(NCCC1=CCCCC1)c1cncc(Nc2ccccc2C(F)(F)F)c1. The summed E-state index contributed by atoms with van der Waals surface area (Å²) in [4.78, 5) is 16.3. The molecule has 0 atom stereocenters. The molecule has 4 nitrogen and oxygen atoms in total. The van der Waals surface area contributed by atoms with Crippen LogP contribution in [0.5, 0.6) is 0 Å². The molecule has 0 spiro atoms. The lowest BCUT2D eigenvalue weighted by Crippen LogP contribution is -2.25. The number of amides is 1. The van der Waals surface area contributed by atoms with Gasteiger partial charge in [0.1, 0.15) is 0 Å². The fourth-order valence-corrected chi connectivity index (χ4v) is 3.20. The van der Waals surface area contributed by atoms with Crippen molar-refractivity contribution in [1.82, 2.24) is 10.3 Å². The first kappa shape index (κ1) is 19.9. The molecule has 28 heavy (non-hydrogen) atoms. The molecule has 1 heterocycles. The molecule has 2 aromatic rings. The molecule has 0 saturated heterocycles. The van der Waals surface area contributed by atoms with E-state index in [0.717, 1.165) is 25.3 Å². The first-order valence-electron chi connectivity index (χ1n) is 9.28. The number of hydrogen-bond donors (Lipinski definition) is 2. The van der Waals surface area contributed by atoms with Gasteiger partial charge in [-0.1, -0.05) is 23.8 Å². The number of para-hydroxylation sites is 1. The van der Waals surface area contributed by atoms with Crippen LogP contribution in [0.4, 0.5) is 24.5 Å². The Hall–Kier alpha value is -2.83. The lowest BCUT2D eigenvalue weighted by Gasteiger charge is -2.15. The van der Waals surface area contributed by atoms with Crippen molar-refractivity contribution >= 4 is 17.3 Å². The molecular formula is C21H22F3N3O. The van der Waals surface area contributed by atoms with Crippen molar-refractivity contribution in [3.8, 4) is 0 Å². The van der Waals surface area contributed by atoms with Crippen LogP contribution in [0.15, 0.2) is 54.4 Å². The van der Waals surface area contributed by atoms with E-state index < -0.39 is 11.7 Å². The van der Waals surface area contributed by atoms with Gasteiger partial charge in [-0.15, -0.1) is 0 Å². The van der Waals surface area contributed by atoms with E-state index in [9.17, 15) is 18.0 Å². The molecule has 7 heteroatoms. The molecule has 0 unspecified atom stereocenters. The van der Waals surface area contributed by atoms with Crippen molar-refractivity contribution in [2.45, 2.75) is 38.3 Å². The van der Waals surface area contributed by atoms with Gasteiger partial charge in [0.25, 0.3) is 5.91 Å². The summed E-state index contributed by atoms with van der Waals surface area (Å²) in [7, 11) is 0. The van der Waals surface area contributed by atoms with Crippen LogP contribution in [-0.2, 0) is 6.18 Å². The van der Waals surface area contributed by atoms with Crippen molar-refractivity contribution < 1.29 is 18.0 Å². The maximum atomic E-state index is 13.1. The van der Waals surface area contributed by atoms with Crippen LogP contribution in [-0.4, -0.2) is 17.4 Å². The van der Waals surface area contributed by atoms with E-state index in [0.29, 0.717) is 17.8 Å². The summed E-state index contributed by atoms with van der Waals surface area (Å²) in [5, 5.41) is 5.56. The van der Waals surface area contributed by atoms with Gasteiger partial charge < -0.3 is 10.6 Å². The molecule has 0 bridgehead atoms. The predicted octanol–water partition coefficient (Wildman–Crippen LogP) is 5.46. The molecule has 3 rings (SSSR count). The number of carbonyl (C=O) groups is 1. The van der Waals surface area contributed by atoms with Gasteiger partial charge in [0.05, 0.1) is 28.7 Å². The molecule has 2 N–H and O–H groups in total. The number of anilines is 2. The number of rotatable bonds is 6. The van der Waals surface area contributed by atoms with Gasteiger partial charge in [0.2, 0.25) is 0 Å². The zero-order valence-electron chi connectivity index (χ0n) is 15.4. The average molecular weight is 389 g/mol. The van der Waals surface area contributed by atoms with Gasteiger partial charge in [0.15, 0.2) is 0 Å². The van der Waals surface area contributed by atoms with Gasteiger partial charge in [-0.05, 0) is 50.3 Å². The summed E-state index contributed by atoms with van der Waals surface area (Å²) in [6, 6.07) is 6.69. The summed E-state index contributed by atoms with van der Waals surface area (Å²) in [5.41, 5.74) is 1.12. The third kappa shape index (κ3) is 5.34. The summed E-state index contributed by atoms with van der Waals surface area (Å²) >= 11 is 0. The van der Waals surface area contributed by atoms with Gasteiger partial charge >= 0.3 is 6.18 Å². The summed E-state index contributed by atoms with van der Waals surface area (Å²) < 4.78 is 39.4. The Morgan fingerprint density at radius 2 is 1.96 bits per heavy atom. The molecule has 0 fully saturated rings. The molecule has 1 aromatic carbocycles. The second-order valence-electron chi connectivity index (χ2n) is 6.74. The van der Waals surface area contributed by atoms with Crippen LogP contribution in [0.2, 0.25) is 0 Å². The van der Waals surface area contributed by atoms with E-state index in [1.807, 2.05) is 0 Å². The summed E-state index contributed by atoms with van der Waals surface area (Å²) in [6.07, 6.45) is 5.95. The van der Waals surface area contributed by atoms with Crippen LogP contribution < -0.4 is 10.6 Å². The Balaban J connectivity index is 1.64. The number of nitrogens with zero attached hydrogens (tertiary/aromatic N) is 1. The highest BCUT2D eigenvalue weighted by Gasteiger charge is 2.33. The normalized spacial score (nSPS) is 14.3. The molecule has 0 radical (unpaired) electrons. The van der Waals surface area contributed by atoms with Crippen LogP contribution in [0.3, 0.4) is 0 Å². The number of benzene rings is 1. The van der Waals surface area contributed by atoms with Gasteiger partial charge in [-0.3, -0.25) is 9.78 Å². The molecule has 0 aliphatic heterocycles. The van der Waals surface area contributed by atoms with Gasteiger partial charge in [0, 0.05) is 12.7 Å². The zero-order valence-corrected chi connectivity index (χ0v) is 15.4. The fraction of sp³-hybridized carbons (Fsp3) is 0.333. The van der Waals surface area contributed by atoms with E-state index in [1.165, 1.54) is 55.1 Å². The van der Waals surface area contributed by atoms with Gasteiger partial charge in [-0.25, -0.2) is 0 Å². The second-order valence-corrected chi connectivity index (χ2v) is 6.74. The number of alkyl halides is 3. The topological polar surface area (TPSA) is 54.0 Å². The van der Waals surface area contributed by atoms with E-state index in [1.54, 1.807) is 0 Å². The molecule has 0 saturated carbocycles. The van der Waals surface area contributed by atoms with E-state index >= 15 is 0 Å². The van der Waals surface area contributed by atoms with Crippen LogP contribution in [0.25, 0.3) is 0 Å². The second kappa shape index (κ2) is 8.91. The highest BCUT2D eigenvalue weighted by atomic mass is 19.4. The van der Waals surface area contributed by atoms with Crippen LogP contribution in [0.1, 0.15) is 48.0 Å². The Morgan fingerprint density at radius 1 is 1.14 bits per heavy atom. The molecule has 1 aliphatic carbocycles. The minimum atomic E-state index is -4.47. The van der Waals surface area contributed by atoms with Gasteiger partial charge in [-0.2, -0.15) is 13.2 Å². The maximum absolute atomic E-state index is 13.1. The van der Waals surface area contributed by atoms with Crippen molar-refractivity contribution in [1.29, 1.82) is 0 Å². The minimum Gasteiger partial charge on any atom is -0.354 e. The Labute approximate surface area is 161 Å². The Kier molecular flexibility index (Phi) is 6.34. The zero-order chi connectivity index (χ0) is 20.0.